The van der Waals surface area contributed by atoms with E-state index in [1.54, 1.807) is 18.5 Å². The molecule has 7 heteroatoms. The van der Waals surface area contributed by atoms with Crippen LogP contribution in [-0.2, 0) is 4.79 Å². The average Bonchev–Trinajstić information content (AvgIpc) is 2.43. The molecule has 0 bridgehead atoms. The molecule has 1 aromatic carbocycles. The molecule has 110 valence electrons. The molecule has 1 heterocycles. The Bertz CT molecular complexity index is 652. The Hall–Kier alpha value is -2.15. The van der Waals surface area contributed by atoms with Gasteiger partial charge in [0.15, 0.2) is 0 Å². The fourth-order valence-electron chi connectivity index (χ4n) is 1.58. The number of rotatable bonds is 5. The number of halogens is 2. The largest absolute Gasteiger partial charge is 0.491 e. The highest BCUT2D eigenvalue weighted by molar-refractivity contribution is 9.10. The van der Waals surface area contributed by atoms with E-state index in [4.69, 9.17) is 10.5 Å². The molecule has 3 N–H and O–H groups in total. The monoisotopic (exact) mass is 353 g/mol. The summed E-state index contributed by atoms with van der Waals surface area (Å²) in [4.78, 5) is 15.7. The maximum atomic E-state index is 13.0. The number of nitrogens with two attached hydrogens (primary N) is 1. The fraction of sp³-hybridized carbons (Fsp3) is 0.143. The molecule has 0 aliphatic rings. The highest BCUT2D eigenvalue weighted by Crippen LogP contribution is 2.17. The smallest absolute Gasteiger partial charge is 0.227 e. The zero-order valence-corrected chi connectivity index (χ0v) is 12.6. The number of hydrogen-bond donors (Lipinski definition) is 2. The van der Waals surface area contributed by atoms with Gasteiger partial charge in [-0.1, -0.05) is 0 Å². The number of pyridine rings is 1. The Morgan fingerprint density at radius 1 is 1.38 bits per heavy atom. The number of nitrogens with zero attached hydrogens (tertiary/aromatic N) is 1. The summed E-state index contributed by atoms with van der Waals surface area (Å²) in [6.45, 7) is 0.209. The van der Waals surface area contributed by atoms with Gasteiger partial charge in [-0.3, -0.25) is 9.78 Å². The van der Waals surface area contributed by atoms with Gasteiger partial charge in [0.2, 0.25) is 5.91 Å². The zero-order valence-electron chi connectivity index (χ0n) is 11.0. The van der Waals surface area contributed by atoms with E-state index in [-0.39, 0.29) is 24.6 Å². The first-order valence-corrected chi connectivity index (χ1v) is 6.92. The van der Waals surface area contributed by atoms with E-state index in [2.05, 4.69) is 26.2 Å². The molecule has 0 atom stereocenters. The highest BCUT2D eigenvalue weighted by atomic mass is 79.9. The van der Waals surface area contributed by atoms with E-state index in [1.807, 2.05) is 0 Å². The fourth-order valence-corrected chi connectivity index (χ4v) is 1.92. The second-order valence-electron chi connectivity index (χ2n) is 4.22. The summed E-state index contributed by atoms with van der Waals surface area (Å²) >= 11 is 3.28. The van der Waals surface area contributed by atoms with Crippen LogP contribution < -0.4 is 15.8 Å². The topological polar surface area (TPSA) is 77.2 Å². The van der Waals surface area contributed by atoms with Crippen molar-refractivity contribution >= 4 is 33.2 Å². The Labute approximate surface area is 129 Å². The van der Waals surface area contributed by atoms with Crippen LogP contribution in [0.2, 0.25) is 0 Å². The molecule has 0 radical (unpaired) electrons. The van der Waals surface area contributed by atoms with Gasteiger partial charge in [-0.25, -0.2) is 4.39 Å². The predicted octanol–water partition coefficient (Wildman–Crippen LogP) is 2.97. The molecule has 1 aromatic heterocycles. The number of anilines is 2. The van der Waals surface area contributed by atoms with Crippen LogP contribution in [-0.4, -0.2) is 17.5 Å². The summed E-state index contributed by atoms with van der Waals surface area (Å²) in [5.74, 6) is -0.189. The van der Waals surface area contributed by atoms with Crippen LogP contribution in [0.15, 0.2) is 41.1 Å². The highest BCUT2D eigenvalue weighted by Gasteiger charge is 2.05. The Morgan fingerprint density at radius 2 is 2.19 bits per heavy atom. The number of amides is 1. The second-order valence-corrected chi connectivity index (χ2v) is 5.14. The summed E-state index contributed by atoms with van der Waals surface area (Å²) in [6, 6.07) is 5.77. The number of carbonyl (C=O) groups excluding carboxylic acids is 1. The van der Waals surface area contributed by atoms with Gasteiger partial charge in [0.25, 0.3) is 0 Å². The lowest BCUT2D eigenvalue weighted by Gasteiger charge is -2.08. The van der Waals surface area contributed by atoms with Crippen molar-refractivity contribution in [1.82, 2.24) is 4.98 Å². The number of nitrogens with one attached hydrogen (secondary N) is 1. The lowest BCUT2D eigenvalue weighted by atomic mass is 10.2. The van der Waals surface area contributed by atoms with Crippen LogP contribution in [0.25, 0.3) is 0 Å². The summed E-state index contributed by atoms with van der Waals surface area (Å²) < 4.78 is 19.2. The third kappa shape index (κ3) is 4.71. The SMILES string of the molecule is Nc1cc(NC(=O)CCOc2cncc(Br)c2)ccc1F. The van der Waals surface area contributed by atoms with Gasteiger partial charge in [-0.15, -0.1) is 0 Å². The van der Waals surface area contributed by atoms with Gasteiger partial charge in [0, 0.05) is 16.4 Å². The van der Waals surface area contributed by atoms with Gasteiger partial charge in [0.05, 0.1) is 24.9 Å². The van der Waals surface area contributed by atoms with Gasteiger partial charge in [-0.05, 0) is 40.2 Å². The molecule has 2 aromatic rings. The molecule has 0 unspecified atom stereocenters. The van der Waals surface area contributed by atoms with Crippen molar-refractivity contribution < 1.29 is 13.9 Å². The summed E-state index contributed by atoms with van der Waals surface area (Å²) in [5.41, 5.74) is 5.86. The minimum atomic E-state index is -0.515. The van der Waals surface area contributed by atoms with E-state index in [0.29, 0.717) is 11.4 Å². The van der Waals surface area contributed by atoms with Crippen LogP contribution in [0.4, 0.5) is 15.8 Å². The first-order chi connectivity index (χ1) is 10.0. The molecule has 0 aliphatic heterocycles. The molecule has 0 aliphatic carbocycles. The first-order valence-electron chi connectivity index (χ1n) is 6.13. The molecule has 2 rings (SSSR count). The zero-order chi connectivity index (χ0) is 15.2. The Balaban J connectivity index is 1.81. The number of aromatic nitrogens is 1. The van der Waals surface area contributed by atoms with E-state index in [0.717, 1.165) is 4.47 Å². The normalized spacial score (nSPS) is 10.2. The lowest BCUT2D eigenvalue weighted by Crippen LogP contribution is -2.15. The van der Waals surface area contributed by atoms with Crippen LogP contribution in [0, 0.1) is 5.82 Å². The number of benzene rings is 1. The summed E-state index contributed by atoms with van der Waals surface area (Å²) in [7, 11) is 0. The molecule has 0 spiro atoms. The van der Waals surface area contributed by atoms with Crippen molar-refractivity contribution in [3.63, 3.8) is 0 Å². The maximum absolute atomic E-state index is 13.0. The first kappa shape index (κ1) is 15.2. The van der Waals surface area contributed by atoms with Gasteiger partial charge < -0.3 is 15.8 Å². The van der Waals surface area contributed by atoms with Gasteiger partial charge in [-0.2, -0.15) is 0 Å². The van der Waals surface area contributed by atoms with Crippen LogP contribution >= 0.6 is 15.9 Å². The molecule has 5 nitrogen and oxygen atoms in total. The standard InChI is InChI=1S/C14H13BrFN3O2/c15-9-5-11(8-18-7-9)21-4-3-14(20)19-10-1-2-12(16)13(17)6-10/h1-2,5-8H,3-4,17H2,(H,19,20). The van der Waals surface area contributed by atoms with Crippen molar-refractivity contribution in [1.29, 1.82) is 0 Å². The second kappa shape index (κ2) is 7.03. The van der Waals surface area contributed by atoms with Crippen molar-refractivity contribution in [3.05, 3.63) is 46.9 Å². The molecule has 1 amide bonds. The minimum Gasteiger partial charge on any atom is -0.491 e. The quantitative estimate of drug-likeness (QED) is 0.810. The summed E-state index contributed by atoms with van der Waals surface area (Å²) in [5, 5.41) is 2.62. The average molecular weight is 354 g/mol. The Kier molecular flexibility index (Phi) is 5.10. The molecular formula is C14H13BrFN3O2. The molecular weight excluding hydrogens is 341 g/mol. The van der Waals surface area contributed by atoms with Gasteiger partial charge in [0.1, 0.15) is 11.6 Å². The molecule has 0 fully saturated rings. The van der Waals surface area contributed by atoms with E-state index >= 15 is 0 Å². The van der Waals surface area contributed by atoms with E-state index in [1.165, 1.54) is 18.2 Å². The van der Waals surface area contributed by atoms with E-state index < -0.39 is 5.82 Å². The van der Waals surface area contributed by atoms with Crippen LogP contribution in [0.5, 0.6) is 5.75 Å². The molecule has 0 saturated carbocycles. The number of carbonyl (C=O) groups is 1. The molecule has 21 heavy (non-hydrogen) atoms. The number of ether oxygens (including phenoxy) is 1. The van der Waals surface area contributed by atoms with Gasteiger partial charge >= 0.3 is 0 Å². The van der Waals surface area contributed by atoms with Crippen molar-refractivity contribution in [2.45, 2.75) is 6.42 Å². The number of hydrogen-bond acceptors (Lipinski definition) is 4. The lowest BCUT2D eigenvalue weighted by molar-refractivity contribution is -0.116. The van der Waals surface area contributed by atoms with Crippen molar-refractivity contribution in [2.24, 2.45) is 0 Å². The van der Waals surface area contributed by atoms with E-state index in [9.17, 15) is 9.18 Å². The van der Waals surface area contributed by atoms with Crippen LogP contribution in [0.3, 0.4) is 0 Å². The predicted molar refractivity (Wildman–Crippen MR) is 81.5 cm³/mol. The minimum absolute atomic E-state index is 0.00994. The Morgan fingerprint density at radius 3 is 2.90 bits per heavy atom. The maximum Gasteiger partial charge on any atom is 0.227 e. The van der Waals surface area contributed by atoms with Crippen molar-refractivity contribution in [3.8, 4) is 5.75 Å². The molecule has 0 saturated heterocycles. The van der Waals surface area contributed by atoms with Crippen molar-refractivity contribution in [2.75, 3.05) is 17.7 Å². The third-order valence-corrected chi connectivity index (χ3v) is 2.99. The summed E-state index contributed by atoms with van der Waals surface area (Å²) in [6.07, 6.45) is 3.35. The number of nitrogen functional groups attached to an aromatic ring is 1. The third-order valence-electron chi connectivity index (χ3n) is 2.56. The van der Waals surface area contributed by atoms with Crippen LogP contribution in [0.1, 0.15) is 6.42 Å².